The molecule has 0 unspecified atom stereocenters. The summed E-state index contributed by atoms with van der Waals surface area (Å²) >= 11 is 0. The van der Waals surface area contributed by atoms with Gasteiger partial charge in [-0.3, -0.25) is 9.59 Å². The molecule has 1 aliphatic carbocycles. The van der Waals surface area contributed by atoms with Crippen LogP contribution in [0.5, 0.6) is 0 Å². The molecule has 0 saturated heterocycles. The first-order valence-electron chi connectivity index (χ1n) is 5.78. The second-order valence-electron chi connectivity index (χ2n) is 4.20. The van der Waals surface area contributed by atoms with Crippen LogP contribution in [-0.2, 0) is 9.59 Å². The van der Waals surface area contributed by atoms with E-state index in [1.54, 1.807) is 0 Å². The van der Waals surface area contributed by atoms with Crippen molar-refractivity contribution in [3.63, 3.8) is 0 Å². The van der Waals surface area contributed by atoms with Crippen LogP contribution in [0.1, 0.15) is 32.1 Å². The number of aliphatic carboxylic acids is 1. The molecule has 5 heteroatoms. The number of hydrogen-bond donors (Lipinski definition) is 3. The molecule has 92 valence electrons. The summed E-state index contributed by atoms with van der Waals surface area (Å²) in [5.41, 5.74) is 0. The molecule has 1 rings (SSSR count). The molecule has 0 aromatic rings. The highest BCUT2D eigenvalue weighted by atomic mass is 16.4. The summed E-state index contributed by atoms with van der Waals surface area (Å²) in [5, 5.41) is 20.2. The molecule has 1 aliphatic rings. The zero-order chi connectivity index (χ0) is 12.0. The van der Waals surface area contributed by atoms with Crippen LogP contribution in [0.25, 0.3) is 0 Å². The first-order chi connectivity index (χ1) is 7.66. The van der Waals surface area contributed by atoms with E-state index in [-0.39, 0.29) is 18.4 Å². The summed E-state index contributed by atoms with van der Waals surface area (Å²) < 4.78 is 0. The third kappa shape index (κ3) is 3.48. The van der Waals surface area contributed by atoms with E-state index in [1.807, 2.05) is 0 Å². The Morgan fingerprint density at radius 3 is 2.50 bits per heavy atom. The lowest BCUT2D eigenvalue weighted by atomic mass is 9.95. The second-order valence-corrected chi connectivity index (χ2v) is 4.20. The van der Waals surface area contributed by atoms with E-state index in [0.717, 1.165) is 12.8 Å². The molecule has 3 N–H and O–H groups in total. The topological polar surface area (TPSA) is 86.6 Å². The van der Waals surface area contributed by atoms with Gasteiger partial charge in [-0.2, -0.15) is 0 Å². The number of amides is 1. The molecule has 1 saturated carbocycles. The molecule has 5 nitrogen and oxygen atoms in total. The number of carboxylic acid groups (broad SMARTS) is 1. The minimum Gasteiger partial charge on any atom is -0.481 e. The maximum Gasteiger partial charge on any atom is 0.307 e. The maximum atomic E-state index is 11.7. The van der Waals surface area contributed by atoms with Crippen molar-refractivity contribution >= 4 is 11.9 Å². The van der Waals surface area contributed by atoms with Crippen molar-refractivity contribution in [2.24, 2.45) is 11.8 Å². The lowest BCUT2D eigenvalue weighted by Crippen LogP contribution is -2.35. The monoisotopic (exact) mass is 229 g/mol. The van der Waals surface area contributed by atoms with Crippen LogP contribution in [0.2, 0.25) is 0 Å². The normalized spacial score (nSPS) is 24.3. The predicted molar refractivity (Wildman–Crippen MR) is 57.8 cm³/mol. The average molecular weight is 229 g/mol. The first kappa shape index (κ1) is 13.0. The lowest BCUT2D eigenvalue weighted by Gasteiger charge is -2.15. The van der Waals surface area contributed by atoms with Crippen LogP contribution in [0.15, 0.2) is 0 Å². The Bertz CT molecular complexity index is 254. The number of hydrogen-bond acceptors (Lipinski definition) is 3. The molecule has 0 aromatic carbocycles. The van der Waals surface area contributed by atoms with Gasteiger partial charge in [-0.05, 0) is 25.7 Å². The highest BCUT2D eigenvalue weighted by Crippen LogP contribution is 2.31. The summed E-state index contributed by atoms with van der Waals surface area (Å²) in [4.78, 5) is 22.6. The van der Waals surface area contributed by atoms with Crippen LogP contribution < -0.4 is 5.32 Å². The maximum absolute atomic E-state index is 11.7. The fourth-order valence-corrected chi connectivity index (χ4v) is 2.15. The molecule has 2 atom stereocenters. The lowest BCUT2D eigenvalue weighted by molar-refractivity contribution is -0.146. The number of carboxylic acids is 1. The SMILES string of the molecule is O=C(O)[C@H]1CCC[C@H]1C(=O)NCCCCO. The van der Waals surface area contributed by atoms with Crippen molar-refractivity contribution in [2.45, 2.75) is 32.1 Å². The molecule has 1 amide bonds. The van der Waals surface area contributed by atoms with Crippen LogP contribution in [0.3, 0.4) is 0 Å². The third-order valence-electron chi connectivity index (χ3n) is 3.05. The standard InChI is InChI=1S/C11H19NO4/c13-7-2-1-6-12-10(14)8-4-3-5-9(8)11(15)16/h8-9,13H,1-7H2,(H,12,14)(H,15,16)/t8-,9+/m1/s1. The van der Waals surface area contributed by atoms with Crippen LogP contribution in [-0.4, -0.2) is 35.2 Å². The van der Waals surface area contributed by atoms with Crippen molar-refractivity contribution in [1.82, 2.24) is 5.32 Å². The number of unbranched alkanes of at least 4 members (excludes halogenated alkanes) is 1. The van der Waals surface area contributed by atoms with Gasteiger partial charge in [0.05, 0.1) is 11.8 Å². The average Bonchev–Trinajstić information content (AvgIpc) is 2.73. The van der Waals surface area contributed by atoms with Gasteiger partial charge in [-0.1, -0.05) is 6.42 Å². The van der Waals surface area contributed by atoms with Crippen molar-refractivity contribution in [2.75, 3.05) is 13.2 Å². The zero-order valence-corrected chi connectivity index (χ0v) is 9.32. The summed E-state index contributed by atoms with van der Waals surface area (Å²) in [5.74, 6) is -1.90. The molecular formula is C11H19NO4. The van der Waals surface area contributed by atoms with Gasteiger partial charge in [-0.25, -0.2) is 0 Å². The Labute approximate surface area is 94.8 Å². The number of nitrogens with one attached hydrogen (secondary N) is 1. The number of aliphatic hydroxyl groups excluding tert-OH is 1. The minimum atomic E-state index is -0.868. The minimum absolute atomic E-state index is 0.122. The summed E-state index contributed by atoms with van der Waals surface area (Å²) in [6.07, 6.45) is 3.47. The van der Waals surface area contributed by atoms with Gasteiger partial charge in [0.2, 0.25) is 5.91 Å². The Kier molecular flexibility index (Phi) is 5.25. The van der Waals surface area contributed by atoms with Crippen molar-refractivity contribution in [1.29, 1.82) is 0 Å². The fraction of sp³-hybridized carbons (Fsp3) is 0.818. The van der Waals surface area contributed by atoms with Crippen molar-refractivity contribution in [3.05, 3.63) is 0 Å². The summed E-state index contributed by atoms with van der Waals surface area (Å²) in [6, 6.07) is 0. The number of carbonyl (C=O) groups excluding carboxylic acids is 1. The van der Waals surface area contributed by atoms with Gasteiger partial charge >= 0.3 is 5.97 Å². The molecule has 0 aliphatic heterocycles. The largest absolute Gasteiger partial charge is 0.481 e. The van der Waals surface area contributed by atoms with E-state index in [0.29, 0.717) is 25.8 Å². The molecule has 0 heterocycles. The Balaban J connectivity index is 2.32. The number of rotatable bonds is 6. The van der Waals surface area contributed by atoms with Gasteiger partial charge in [-0.15, -0.1) is 0 Å². The van der Waals surface area contributed by atoms with E-state index in [4.69, 9.17) is 10.2 Å². The molecular weight excluding hydrogens is 210 g/mol. The Morgan fingerprint density at radius 1 is 1.19 bits per heavy atom. The van der Waals surface area contributed by atoms with E-state index >= 15 is 0 Å². The smallest absolute Gasteiger partial charge is 0.307 e. The predicted octanol–water partition coefficient (Wildman–Crippen LogP) is 0.376. The molecule has 0 spiro atoms. The van der Waals surface area contributed by atoms with Gasteiger partial charge in [0.15, 0.2) is 0 Å². The summed E-state index contributed by atoms with van der Waals surface area (Å²) in [6.45, 7) is 0.638. The fourth-order valence-electron chi connectivity index (χ4n) is 2.15. The van der Waals surface area contributed by atoms with E-state index < -0.39 is 11.9 Å². The highest BCUT2D eigenvalue weighted by molar-refractivity contribution is 5.85. The van der Waals surface area contributed by atoms with Crippen LogP contribution >= 0.6 is 0 Å². The third-order valence-corrected chi connectivity index (χ3v) is 3.05. The molecule has 1 fully saturated rings. The van der Waals surface area contributed by atoms with Crippen molar-refractivity contribution in [3.8, 4) is 0 Å². The zero-order valence-electron chi connectivity index (χ0n) is 9.32. The van der Waals surface area contributed by atoms with Crippen LogP contribution in [0, 0.1) is 11.8 Å². The Morgan fingerprint density at radius 2 is 1.88 bits per heavy atom. The van der Waals surface area contributed by atoms with E-state index in [1.165, 1.54) is 0 Å². The van der Waals surface area contributed by atoms with Crippen molar-refractivity contribution < 1.29 is 19.8 Å². The van der Waals surface area contributed by atoms with Gasteiger partial charge in [0, 0.05) is 13.2 Å². The van der Waals surface area contributed by atoms with Crippen LogP contribution in [0.4, 0.5) is 0 Å². The second kappa shape index (κ2) is 6.48. The van der Waals surface area contributed by atoms with Gasteiger partial charge < -0.3 is 15.5 Å². The van der Waals surface area contributed by atoms with Gasteiger partial charge in [0.25, 0.3) is 0 Å². The quantitative estimate of drug-likeness (QED) is 0.574. The number of aliphatic hydroxyl groups is 1. The molecule has 0 radical (unpaired) electrons. The Hall–Kier alpha value is -1.10. The highest BCUT2D eigenvalue weighted by Gasteiger charge is 2.37. The van der Waals surface area contributed by atoms with E-state index in [9.17, 15) is 9.59 Å². The molecule has 0 aromatic heterocycles. The number of carbonyl (C=O) groups is 2. The van der Waals surface area contributed by atoms with Gasteiger partial charge in [0.1, 0.15) is 0 Å². The summed E-state index contributed by atoms with van der Waals surface area (Å²) in [7, 11) is 0. The first-order valence-corrected chi connectivity index (χ1v) is 5.78. The van der Waals surface area contributed by atoms with E-state index in [2.05, 4.69) is 5.32 Å². The molecule has 16 heavy (non-hydrogen) atoms. The molecule has 0 bridgehead atoms.